The summed E-state index contributed by atoms with van der Waals surface area (Å²) in [5, 5.41) is 3.45. The SMILES string of the molecule is O=c1nc(N2CCN(c3ccc(F)c(Cl)c3)CC2)ncn1Cn1ccc(C(F)(F)F)n1. The van der Waals surface area contributed by atoms with Crippen molar-refractivity contribution < 1.29 is 17.6 Å². The van der Waals surface area contributed by atoms with Crippen molar-refractivity contribution in [2.45, 2.75) is 12.8 Å². The lowest BCUT2D eigenvalue weighted by Crippen LogP contribution is -2.47. The van der Waals surface area contributed by atoms with Gasteiger partial charge in [-0.05, 0) is 24.3 Å². The van der Waals surface area contributed by atoms with E-state index in [1.54, 1.807) is 12.1 Å². The van der Waals surface area contributed by atoms with E-state index in [1.165, 1.54) is 12.4 Å². The molecule has 0 bridgehead atoms. The van der Waals surface area contributed by atoms with Gasteiger partial charge in [0.15, 0.2) is 5.69 Å². The van der Waals surface area contributed by atoms with Crippen LogP contribution in [0.15, 0.2) is 41.6 Å². The molecule has 13 heteroatoms. The molecular weight excluding hydrogens is 442 g/mol. The molecule has 2 aromatic heterocycles. The Hall–Kier alpha value is -3.15. The van der Waals surface area contributed by atoms with Gasteiger partial charge in [-0.2, -0.15) is 23.3 Å². The second-order valence-electron chi connectivity index (χ2n) is 6.86. The largest absolute Gasteiger partial charge is 0.435 e. The molecule has 1 fully saturated rings. The number of hydrogen-bond acceptors (Lipinski definition) is 6. The summed E-state index contributed by atoms with van der Waals surface area (Å²) in [5.74, 6) is -0.253. The first-order chi connectivity index (χ1) is 14.7. The second kappa shape index (κ2) is 8.17. The van der Waals surface area contributed by atoms with Gasteiger partial charge in [-0.3, -0.25) is 9.25 Å². The molecular formula is C18H16ClF4N7O. The van der Waals surface area contributed by atoms with Crippen LogP contribution in [0.1, 0.15) is 5.69 Å². The standard InChI is InChI=1S/C18H16ClF4N7O/c19-13-9-12(1-2-14(13)20)27-5-7-28(8-6-27)16-24-10-29(17(31)25-16)11-30-4-3-15(26-30)18(21,22)23/h1-4,9-10H,5-8,11H2. The van der Waals surface area contributed by atoms with Crippen LogP contribution in [0.4, 0.5) is 29.2 Å². The maximum atomic E-state index is 13.3. The number of hydrogen-bond donors (Lipinski definition) is 0. The van der Waals surface area contributed by atoms with Crippen molar-refractivity contribution in [2.24, 2.45) is 0 Å². The Labute approximate surface area is 178 Å². The summed E-state index contributed by atoms with van der Waals surface area (Å²) in [5.41, 5.74) is -0.903. The van der Waals surface area contributed by atoms with Gasteiger partial charge in [-0.15, -0.1) is 0 Å². The van der Waals surface area contributed by atoms with E-state index in [2.05, 4.69) is 15.1 Å². The zero-order chi connectivity index (χ0) is 22.2. The molecule has 1 aliphatic rings. The van der Waals surface area contributed by atoms with E-state index >= 15 is 0 Å². The van der Waals surface area contributed by atoms with Gasteiger partial charge in [-0.25, -0.2) is 14.2 Å². The molecule has 0 spiro atoms. The van der Waals surface area contributed by atoms with Gasteiger partial charge in [-0.1, -0.05) is 11.6 Å². The number of piperazine rings is 1. The average Bonchev–Trinajstić information content (AvgIpc) is 3.21. The Morgan fingerprint density at radius 1 is 1.06 bits per heavy atom. The molecule has 1 aromatic carbocycles. The van der Waals surface area contributed by atoms with Crippen molar-refractivity contribution in [1.82, 2.24) is 24.3 Å². The number of anilines is 2. The van der Waals surface area contributed by atoms with E-state index in [1.807, 2.05) is 9.80 Å². The van der Waals surface area contributed by atoms with E-state index in [-0.39, 0.29) is 17.6 Å². The van der Waals surface area contributed by atoms with Crippen LogP contribution in [0, 0.1) is 5.82 Å². The third kappa shape index (κ3) is 4.63. The van der Waals surface area contributed by atoms with Gasteiger partial charge in [0.1, 0.15) is 18.8 Å². The molecule has 0 atom stereocenters. The van der Waals surface area contributed by atoms with Gasteiger partial charge in [0.25, 0.3) is 0 Å². The first-order valence-electron chi connectivity index (χ1n) is 9.20. The average molecular weight is 458 g/mol. The van der Waals surface area contributed by atoms with Crippen LogP contribution in [0.5, 0.6) is 0 Å². The molecule has 0 saturated carbocycles. The van der Waals surface area contributed by atoms with Crippen molar-refractivity contribution in [1.29, 1.82) is 0 Å². The van der Waals surface area contributed by atoms with E-state index in [4.69, 9.17) is 11.6 Å². The van der Waals surface area contributed by atoms with Crippen LogP contribution in [-0.2, 0) is 12.8 Å². The van der Waals surface area contributed by atoms with Crippen LogP contribution < -0.4 is 15.5 Å². The number of halogens is 5. The lowest BCUT2D eigenvalue weighted by molar-refractivity contribution is -0.141. The van der Waals surface area contributed by atoms with Gasteiger partial charge < -0.3 is 9.80 Å². The minimum absolute atomic E-state index is 0.0476. The molecule has 0 radical (unpaired) electrons. The van der Waals surface area contributed by atoms with E-state index in [0.717, 1.165) is 27.2 Å². The van der Waals surface area contributed by atoms with E-state index in [0.29, 0.717) is 26.2 Å². The molecule has 0 unspecified atom stereocenters. The Bertz CT molecular complexity index is 1140. The molecule has 8 nitrogen and oxygen atoms in total. The van der Waals surface area contributed by atoms with E-state index in [9.17, 15) is 22.4 Å². The van der Waals surface area contributed by atoms with Crippen LogP contribution in [0.3, 0.4) is 0 Å². The number of benzene rings is 1. The smallest absolute Gasteiger partial charge is 0.368 e. The summed E-state index contributed by atoms with van der Waals surface area (Å²) in [4.78, 5) is 24.3. The van der Waals surface area contributed by atoms with E-state index < -0.39 is 23.4 Å². The summed E-state index contributed by atoms with van der Waals surface area (Å²) >= 11 is 5.84. The third-order valence-electron chi connectivity index (χ3n) is 4.81. The molecule has 3 aromatic rings. The van der Waals surface area contributed by atoms with Crippen LogP contribution in [-0.4, -0.2) is 50.5 Å². The minimum atomic E-state index is -4.56. The molecule has 4 rings (SSSR count). The number of alkyl halides is 3. The zero-order valence-corrected chi connectivity index (χ0v) is 16.7. The maximum absolute atomic E-state index is 13.3. The van der Waals surface area contributed by atoms with Crippen LogP contribution in [0.25, 0.3) is 0 Å². The van der Waals surface area contributed by atoms with Gasteiger partial charge >= 0.3 is 11.9 Å². The second-order valence-corrected chi connectivity index (χ2v) is 7.27. The maximum Gasteiger partial charge on any atom is 0.435 e. The van der Waals surface area contributed by atoms with Crippen molar-refractivity contribution in [3.63, 3.8) is 0 Å². The van der Waals surface area contributed by atoms with Crippen molar-refractivity contribution >= 4 is 23.2 Å². The molecule has 1 saturated heterocycles. The van der Waals surface area contributed by atoms with Gasteiger partial charge in [0.2, 0.25) is 5.95 Å². The predicted octanol–water partition coefficient (Wildman–Crippen LogP) is 2.48. The van der Waals surface area contributed by atoms with Crippen molar-refractivity contribution in [3.8, 4) is 0 Å². The van der Waals surface area contributed by atoms with Crippen molar-refractivity contribution in [2.75, 3.05) is 36.0 Å². The highest BCUT2D eigenvalue weighted by molar-refractivity contribution is 6.31. The quantitative estimate of drug-likeness (QED) is 0.561. The molecule has 31 heavy (non-hydrogen) atoms. The summed E-state index contributed by atoms with van der Waals surface area (Å²) in [7, 11) is 0. The van der Waals surface area contributed by atoms with Gasteiger partial charge in [0, 0.05) is 38.1 Å². The highest BCUT2D eigenvalue weighted by atomic mass is 35.5. The predicted molar refractivity (Wildman–Crippen MR) is 105 cm³/mol. The monoisotopic (exact) mass is 457 g/mol. The Balaban J connectivity index is 1.41. The first kappa shape index (κ1) is 21.1. The molecule has 0 N–H and O–H groups in total. The fourth-order valence-corrected chi connectivity index (χ4v) is 3.37. The molecule has 0 aliphatic carbocycles. The first-order valence-corrected chi connectivity index (χ1v) is 9.57. The number of nitrogens with zero attached hydrogens (tertiary/aromatic N) is 7. The fourth-order valence-electron chi connectivity index (χ4n) is 3.19. The Morgan fingerprint density at radius 2 is 1.77 bits per heavy atom. The topological polar surface area (TPSA) is 72.1 Å². The Morgan fingerprint density at radius 3 is 2.39 bits per heavy atom. The zero-order valence-electron chi connectivity index (χ0n) is 15.9. The fraction of sp³-hybridized carbons (Fsp3) is 0.333. The number of aromatic nitrogens is 5. The number of rotatable bonds is 4. The normalized spacial score (nSPS) is 14.9. The third-order valence-corrected chi connectivity index (χ3v) is 5.10. The van der Waals surface area contributed by atoms with Crippen LogP contribution in [0.2, 0.25) is 5.02 Å². The Kier molecular flexibility index (Phi) is 5.56. The highest BCUT2D eigenvalue weighted by Gasteiger charge is 2.33. The summed E-state index contributed by atoms with van der Waals surface area (Å²) in [6.07, 6.45) is -2.20. The van der Waals surface area contributed by atoms with Crippen molar-refractivity contribution in [3.05, 3.63) is 63.8 Å². The molecule has 0 amide bonds. The lowest BCUT2D eigenvalue weighted by Gasteiger charge is -2.36. The summed E-state index contributed by atoms with van der Waals surface area (Å²) in [6.45, 7) is 1.97. The molecule has 164 valence electrons. The summed E-state index contributed by atoms with van der Waals surface area (Å²) in [6, 6.07) is 5.34. The summed E-state index contributed by atoms with van der Waals surface area (Å²) < 4.78 is 53.3. The van der Waals surface area contributed by atoms with Gasteiger partial charge in [0.05, 0.1) is 5.02 Å². The molecule has 3 heterocycles. The highest BCUT2D eigenvalue weighted by Crippen LogP contribution is 2.27. The minimum Gasteiger partial charge on any atom is -0.368 e. The molecule has 1 aliphatic heterocycles. The van der Waals surface area contributed by atoms with Crippen LogP contribution >= 0.6 is 11.6 Å². The lowest BCUT2D eigenvalue weighted by atomic mass is 10.2.